The molecular formula is C17H17ClFNO. The SMILES string of the molecule is NC(CCC(=O)Cc1cccc(Cl)c1F)c1ccccc1. The standard InChI is InChI=1S/C17H17ClFNO/c18-15-8-4-7-13(17(15)19)11-14(21)9-10-16(20)12-5-2-1-3-6-12/h1-8,16H,9-11,20H2. The van der Waals surface area contributed by atoms with Crippen LogP contribution in [0.2, 0.25) is 5.02 Å². The highest BCUT2D eigenvalue weighted by atomic mass is 35.5. The third-order valence-electron chi connectivity index (χ3n) is 3.38. The molecule has 0 amide bonds. The fourth-order valence-electron chi connectivity index (χ4n) is 2.17. The maximum absolute atomic E-state index is 13.7. The van der Waals surface area contributed by atoms with Gasteiger partial charge < -0.3 is 5.73 Å². The van der Waals surface area contributed by atoms with E-state index >= 15 is 0 Å². The second-order valence-corrected chi connectivity index (χ2v) is 5.39. The maximum atomic E-state index is 13.7. The molecule has 0 aliphatic heterocycles. The number of halogens is 2. The number of nitrogens with two attached hydrogens (primary N) is 1. The number of Topliss-reactive ketones (excluding diaryl/α,β-unsaturated/α-hetero) is 1. The largest absolute Gasteiger partial charge is 0.324 e. The van der Waals surface area contributed by atoms with E-state index in [1.165, 1.54) is 6.07 Å². The quantitative estimate of drug-likeness (QED) is 0.874. The first kappa shape index (κ1) is 15.7. The number of hydrogen-bond donors (Lipinski definition) is 1. The molecule has 21 heavy (non-hydrogen) atoms. The van der Waals surface area contributed by atoms with Crippen molar-refractivity contribution in [1.82, 2.24) is 0 Å². The summed E-state index contributed by atoms with van der Waals surface area (Å²) in [6, 6.07) is 14.1. The highest BCUT2D eigenvalue weighted by Crippen LogP contribution is 2.20. The minimum atomic E-state index is -0.514. The van der Waals surface area contributed by atoms with Crippen molar-refractivity contribution in [2.75, 3.05) is 0 Å². The Hall–Kier alpha value is -1.71. The summed E-state index contributed by atoms with van der Waals surface area (Å²) < 4.78 is 13.7. The Balaban J connectivity index is 1.89. The molecule has 2 aromatic carbocycles. The summed E-state index contributed by atoms with van der Waals surface area (Å²) in [7, 11) is 0. The summed E-state index contributed by atoms with van der Waals surface area (Å²) in [6.07, 6.45) is 0.918. The van der Waals surface area contributed by atoms with E-state index in [0.717, 1.165) is 5.56 Å². The van der Waals surface area contributed by atoms with Crippen LogP contribution in [-0.4, -0.2) is 5.78 Å². The molecule has 2 nitrogen and oxygen atoms in total. The monoisotopic (exact) mass is 305 g/mol. The van der Waals surface area contributed by atoms with E-state index in [0.29, 0.717) is 18.4 Å². The van der Waals surface area contributed by atoms with Crippen molar-refractivity contribution < 1.29 is 9.18 Å². The Labute approximate surface area is 128 Å². The number of benzene rings is 2. The fraction of sp³-hybridized carbons (Fsp3) is 0.235. The van der Waals surface area contributed by atoms with Crippen molar-refractivity contribution in [3.8, 4) is 0 Å². The Morgan fingerprint density at radius 1 is 1.14 bits per heavy atom. The molecule has 0 saturated carbocycles. The second kappa shape index (κ2) is 7.34. The zero-order valence-electron chi connectivity index (χ0n) is 11.6. The molecule has 2 aromatic rings. The molecule has 4 heteroatoms. The van der Waals surface area contributed by atoms with Gasteiger partial charge in [-0.1, -0.05) is 54.1 Å². The lowest BCUT2D eigenvalue weighted by Gasteiger charge is -2.11. The van der Waals surface area contributed by atoms with E-state index in [2.05, 4.69) is 0 Å². The third-order valence-corrected chi connectivity index (χ3v) is 3.67. The van der Waals surface area contributed by atoms with Gasteiger partial charge in [0.15, 0.2) is 0 Å². The van der Waals surface area contributed by atoms with Crippen LogP contribution in [0, 0.1) is 5.82 Å². The molecule has 0 spiro atoms. The van der Waals surface area contributed by atoms with E-state index in [1.807, 2.05) is 30.3 Å². The zero-order valence-corrected chi connectivity index (χ0v) is 12.3. The second-order valence-electron chi connectivity index (χ2n) is 4.98. The predicted octanol–water partition coefficient (Wildman–Crippen LogP) is 4.07. The molecule has 0 aliphatic carbocycles. The van der Waals surface area contributed by atoms with Crippen molar-refractivity contribution in [2.24, 2.45) is 5.73 Å². The lowest BCUT2D eigenvalue weighted by Crippen LogP contribution is -2.13. The average Bonchev–Trinajstić information content (AvgIpc) is 2.50. The fourth-order valence-corrected chi connectivity index (χ4v) is 2.36. The lowest BCUT2D eigenvalue weighted by molar-refractivity contribution is -0.118. The van der Waals surface area contributed by atoms with E-state index in [9.17, 15) is 9.18 Å². The van der Waals surface area contributed by atoms with Crippen LogP contribution in [0.15, 0.2) is 48.5 Å². The summed E-state index contributed by atoms with van der Waals surface area (Å²) in [5.74, 6) is -0.553. The van der Waals surface area contributed by atoms with Gasteiger partial charge in [-0.3, -0.25) is 4.79 Å². The van der Waals surface area contributed by atoms with Crippen molar-refractivity contribution in [1.29, 1.82) is 0 Å². The Morgan fingerprint density at radius 2 is 1.86 bits per heavy atom. The van der Waals surface area contributed by atoms with Gasteiger partial charge in [-0.25, -0.2) is 4.39 Å². The van der Waals surface area contributed by atoms with Crippen molar-refractivity contribution >= 4 is 17.4 Å². The van der Waals surface area contributed by atoms with E-state index in [4.69, 9.17) is 17.3 Å². The molecule has 110 valence electrons. The van der Waals surface area contributed by atoms with Gasteiger partial charge in [-0.15, -0.1) is 0 Å². The zero-order chi connectivity index (χ0) is 15.2. The van der Waals surface area contributed by atoms with Crippen molar-refractivity contribution in [3.63, 3.8) is 0 Å². The maximum Gasteiger partial charge on any atom is 0.145 e. The van der Waals surface area contributed by atoms with Gasteiger partial charge in [-0.2, -0.15) is 0 Å². The molecule has 2 N–H and O–H groups in total. The van der Waals surface area contributed by atoms with Gasteiger partial charge in [-0.05, 0) is 23.6 Å². The van der Waals surface area contributed by atoms with Crippen LogP contribution < -0.4 is 5.73 Å². The topological polar surface area (TPSA) is 43.1 Å². The van der Waals surface area contributed by atoms with Gasteiger partial charge in [0.2, 0.25) is 0 Å². The molecule has 0 bridgehead atoms. The van der Waals surface area contributed by atoms with Gasteiger partial charge in [0.05, 0.1) is 5.02 Å². The highest BCUT2D eigenvalue weighted by molar-refractivity contribution is 6.30. The smallest absolute Gasteiger partial charge is 0.145 e. The number of carbonyl (C=O) groups excluding carboxylic acids is 1. The molecule has 0 saturated heterocycles. The molecule has 0 radical (unpaired) electrons. The minimum absolute atomic E-state index is 0.0393. The first-order valence-corrected chi connectivity index (χ1v) is 7.21. The first-order valence-electron chi connectivity index (χ1n) is 6.83. The molecule has 2 rings (SSSR count). The average molecular weight is 306 g/mol. The van der Waals surface area contributed by atoms with Gasteiger partial charge in [0.25, 0.3) is 0 Å². The number of hydrogen-bond acceptors (Lipinski definition) is 2. The summed E-state index contributed by atoms with van der Waals surface area (Å²) in [4.78, 5) is 11.9. The predicted molar refractivity (Wildman–Crippen MR) is 82.7 cm³/mol. The van der Waals surface area contributed by atoms with Crippen LogP contribution in [0.25, 0.3) is 0 Å². The minimum Gasteiger partial charge on any atom is -0.324 e. The van der Waals surface area contributed by atoms with Crippen LogP contribution >= 0.6 is 11.6 Å². The van der Waals surface area contributed by atoms with Crippen molar-refractivity contribution in [2.45, 2.75) is 25.3 Å². The highest BCUT2D eigenvalue weighted by Gasteiger charge is 2.13. The molecule has 1 atom stereocenters. The lowest BCUT2D eigenvalue weighted by atomic mass is 9.99. The molecule has 0 heterocycles. The third kappa shape index (κ3) is 4.38. The Morgan fingerprint density at radius 3 is 2.57 bits per heavy atom. The molecule has 1 unspecified atom stereocenters. The Kier molecular flexibility index (Phi) is 5.48. The van der Waals surface area contributed by atoms with Crippen LogP contribution in [-0.2, 0) is 11.2 Å². The van der Waals surface area contributed by atoms with Crippen LogP contribution in [0.4, 0.5) is 4.39 Å². The van der Waals surface area contributed by atoms with Crippen LogP contribution in [0.1, 0.15) is 30.0 Å². The molecule has 0 aliphatic rings. The van der Waals surface area contributed by atoms with E-state index < -0.39 is 5.82 Å². The number of ketones is 1. The number of carbonyl (C=O) groups is 1. The molecule has 0 aromatic heterocycles. The van der Waals surface area contributed by atoms with Gasteiger partial charge in [0, 0.05) is 18.9 Å². The van der Waals surface area contributed by atoms with Gasteiger partial charge >= 0.3 is 0 Å². The van der Waals surface area contributed by atoms with Gasteiger partial charge in [0.1, 0.15) is 11.6 Å². The molecular weight excluding hydrogens is 289 g/mol. The summed E-state index contributed by atoms with van der Waals surface area (Å²) in [5, 5.41) is 0.0429. The Bertz CT molecular complexity index is 615. The van der Waals surface area contributed by atoms with Crippen LogP contribution in [0.5, 0.6) is 0 Å². The van der Waals surface area contributed by atoms with E-state index in [-0.39, 0.29) is 23.3 Å². The number of rotatable bonds is 6. The van der Waals surface area contributed by atoms with Crippen molar-refractivity contribution in [3.05, 3.63) is 70.5 Å². The normalized spacial score (nSPS) is 12.1. The molecule has 0 fully saturated rings. The summed E-state index contributed by atoms with van der Waals surface area (Å²) >= 11 is 5.70. The summed E-state index contributed by atoms with van der Waals surface area (Å²) in [6.45, 7) is 0. The van der Waals surface area contributed by atoms with E-state index in [1.54, 1.807) is 12.1 Å². The van der Waals surface area contributed by atoms with Crippen LogP contribution in [0.3, 0.4) is 0 Å². The summed E-state index contributed by atoms with van der Waals surface area (Å²) in [5.41, 5.74) is 7.38. The first-order chi connectivity index (χ1) is 10.1.